The molecular formula is C25H27N5OS. The third-order valence-corrected chi connectivity index (χ3v) is 6.35. The Bertz CT molecular complexity index is 1100. The first-order chi connectivity index (χ1) is 15.6. The number of hydrazone groups is 1. The van der Waals surface area contributed by atoms with E-state index in [2.05, 4.69) is 10.5 Å². The van der Waals surface area contributed by atoms with Crippen molar-refractivity contribution in [2.75, 3.05) is 24.7 Å². The van der Waals surface area contributed by atoms with E-state index >= 15 is 0 Å². The van der Waals surface area contributed by atoms with Gasteiger partial charge in [0.05, 0.1) is 12.0 Å². The first-order valence-electron chi connectivity index (χ1n) is 10.8. The Morgan fingerprint density at radius 3 is 2.56 bits per heavy atom. The lowest BCUT2D eigenvalue weighted by Crippen LogP contribution is -2.20. The molecule has 7 heteroatoms. The number of nitrogens with one attached hydrogen (secondary N) is 1. The third-order valence-electron chi connectivity index (χ3n) is 5.33. The summed E-state index contributed by atoms with van der Waals surface area (Å²) in [6.07, 6.45) is 5.87. The molecule has 1 aliphatic carbocycles. The van der Waals surface area contributed by atoms with Crippen LogP contribution in [-0.2, 0) is 17.6 Å². The predicted molar refractivity (Wildman–Crippen MR) is 131 cm³/mol. The van der Waals surface area contributed by atoms with Crippen LogP contribution in [0.15, 0.2) is 64.7 Å². The van der Waals surface area contributed by atoms with Crippen molar-refractivity contribution in [1.29, 1.82) is 0 Å². The summed E-state index contributed by atoms with van der Waals surface area (Å²) in [6.45, 7) is 0. The number of fused-ring (bicyclic) bond motifs is 1. The summed E-state index contributed by atoms with van der Waals surface area (Å²) in [5.74, 6) is 0.836. The fraction of sp³-hybridized carbons (Fsp3) is 0.280. The Morgan fingerprint density at radius 1 is 1.06 bits per heavy atom. The number of anilines is 1. The van der Waals surface area contributed by atoms with Gasteiger partial charge in [0.1, 0.15) is 5.03 Å². The molecule has 1 aliphatic rings. The van der Waals surface area contributed by atoms with Gasteiger partial charge in [0.15, 0.2) is 5.82 Å². The van der Waals surface area contributed by atoms with Crippen LogP contribution >= 0.6 is 11.8 Å². The normalized spacial score (nSPS) is 13.1. The highest BCUT2D eigenvalue weighted by molar-refractivity contribution is 7.99. The summed E-state index contributed by atoms with van der Waals surface area (Å²) in [7, 11) is 4.00. The van der Waals surface area contributed by atoms with Gasteiger partial charge in [-0.3, -0.25) is 4.79 Å². The molecule has 0 unspecified atom stereocenters. The van der Waals surface area contributed by atoms with Gasteiger partial charge in [-0.2, -0.15) is 5.10 Å². The summed E-state index contributed by atoms with van der Waals surface area (Å²) >= 11 is 1.46. The Hall–Kier alpha value is -3.19. The molecule has 1 heterocycles. The second-order valence-corrected chi connectivity index (χ2v) is 8.88. The third kappa shape index (κ3) is 5.53. The molecule has 1 amide bonds. The summed E-state index contributed by atoms with van der Waals surface area (Å²) < 4.78 is 0. The number of carbonyl (C=O) groups excluding carboxylic acids is 1. The van der Waals surface area contributed by atoms with Crippen LogP contribution in [0.5, 0.6) is 0 Å². The van der Waals surface area contributed by atoms with Crippen LogP contribution in [0.2, 0.25) is 0 Å². The van der Waals surface area contributed by atoms with E-state index in [4.69, 9.17) is 9.97 Å². The molecule has 3 aromatic rings. The van der Waals surface area contributed by atoms with Crippen molar-refractivity contribution in [2.24, 2.45) is 5.10 Å². The second-order valence-electron chi connectivity index (χ2n) is 7.92. The van der Waals surface area contributed by atoms with Gasteiger partial charge in [-0.05, 0) is 43.4 Å². The zero-order valence-electron chi connectivity index (χ0n) is 18.4. The summed E-state index contributed by atoms with van der Waals surface area (Å²) in [4.78, 5) is 24.0. The molecule has 0 fully saturated rings. The number of hydrogen-bond donors (Lipinski definition) is 1. The highest BCUT2D eigenvalue weighted by Gasteiger charge is 2.19. The maximum absolute atomic E-state index is 12.4. The smallest absolute Gasteiger partial charge is 0.250 e. The van der Waals surface area contributed by atoms with Gasteiger partial charge in [-0.25, -0.2) is 15.4 Å². The molecule has 0 atom stereocenters. The van der Waals surface area contributed by atoms with Crippen molar-refractivity contribution < 1.29 is 4.79 Å². The fourth-order valence-corrected chi connectivity index (χ4v) is 4.48. The minimum absolute atomic E-state index is 0.152. The number of thioether (sulfide) groups is 1. The highest BCUT2D eigenvalue weighted by atomic mass is 32.2. The lowest BCUT2D eigenvalue weighted by molar-refractivity contribution is -0.118. The van der Waals surface area contributed by atoms with Crippen LogP contribution in [-0.4, -0.2) is 41.9 Å². The topological polar surface area (TPSA) is 70.5 Å². The molecule has 1 N–H and O–H groups in total. The number of amides is 1. The number of nitrogens with zero attached hydrogens (tertiary/aromatic N) is 4. The van der Waals surface area contributed by atoms with E-state index in [-0.39, 0.29) is 11.7 Å². The van der Waals surface area contributed by atoms with Crippen LogP contribution in [0.1, 0.15) is 29.7 Å². The minimum atomic E-state index is -0.152. The zero-order valence-corrected chi connectivity index (χ0v) is 19.2. The first-order valence-corrected chi connectivity index (χ1v) is 11.8. The number of aryl methyl sites for hydroxylation is 1. The first kappa shape index (κ1) is 22.0. The van der Waals surface area contributed by atoms with Gasteiger partial charge in [0, 0.05) is 36.6 Å². The van der Waals surface area contributed by atoms with Gasteiger partial charge in [0.2, 0.25) is 5.91 Å². The molecule has 164 valence electrons. The quantitative estimate of drug-likeness (QED) is 0.254. The Labute approximate surface area is 193 Å². The van der Waals surface area contributed by atoms with Crippen LogP contribution in [0.4, 0.5) is 5.69 Å². The lowest BCUT2D eigenvalue weighted by Gasteiger charge is -2.18. The number of carbonyl (C=O) groups is 1. The Balaban J connectivity index is 1.41. The van der Waals surface area contributed by atoms with Crippen LogP contribution in [0, 0.1) is 0 Å². The highest BCUT2D eigenvalue weighted by Crippen LogP contribution is 2.31. The summed E-state index contributed by atoms with van der Waals surface area (Å²) in [6, 6.07) is 18.0. The maximum Gasteiger partial charge on any atom is 0.250 e. The van der Waals surface area contributed by atoms with E-state index < -0.39 is 0 Å². The molecule has 0 spiro atoms. The Kier molecular flexibility index (Phi) is 7.17. The lowest BCUT2D eigenvalue weighted by atomic mass is 9.97. The Morgan fingerprint density at radius 2 is 1.81 bits per heavy atom. The average Bonchev–Trinajstić information content (AvgIpc) is 2.83. The van der Waals surface area contributed by atoms with Crippen molar-refractivity contribution in [3.63, 3.8) is 0 Å². The van der Waals surface area contributed by atoms with Gasteiger partial charge in [0.25, 0.3) is 0 Å². The van der Waals surface area contributed by atoms with E-state index in [9.17, 15) is 4.79 Å². The summed E-state index contributed by atoms with van der Waals surface area (Å²) in [5, 5.41) is 5.01. The van der Waals surface area contributed by atoms with Crippen molar-refractivity contribution in [3.05, 3.63) is 71.4 Å². The molecule has 32 heavy (non-hydrogen) atoms. The van der Waals surface area contributed by atoms with Gasteiger partial charge in [-0.15, -0.1) is 0 Å². The number of rotatable bonds is 7. The second kappa shape index (κ2) is 10.4. The molecule has 0 bridgehead atoms. The molecule has 6 nitrogen and oxygen atoms in total. The monoisotopic (exact) mass is 445 g/mol. The SMILES string of the molecule is CN(C)c1ccc(C=NNC(=O)CSc2nc(-c3ccccc3)nc3c2CCCC3)cc1. The molecule has 0 saturated carbocycles. The van der Waals surface area contributed by atoms with Gasteiger partial charge >= 0.3 is 0 Å². The van der Waals surface area contributed by atoms with Crippen molar-refractivity contribution in [1.82, 2.24) is 15.4 Å². The standard InChI is InChI=1S/C25H27N5OS/c1-30(2)20-14-12-18(13-15-20)16-26-29-23(31)17-32-25-21-10-6-7-11-22(21)27-24(28-25)19-8-4-3-5-9-19/h3-5,8-9,12-16H,6-7,10-11,17H2,1-2H3,(H,29,31). The molecule has 0 saturated heterocycles. The van der Waals surface area contributed by atoms with Crippen molar-refractivity contribution >= 4 is 29.6 Å². The molecule has 0 aliphatic heterocycles. The van der Waals surface area contributed by atoms with Gasteiger partial charge < -0.3 is 4.90 Å². The van der Waals surface area contributed by atoms with E-state index in [0.29, 0.717) is 0 Å². The van der Waals surface area contributed by atoms with Crippen LogP contribution in [0.25, 0.3) is 11.4 Å². The molecule has 4 rings (SSSR count). The predicted octanol–water partition coefficient (Wildman–Crippen LogP) is 4.33. The molecule has 0 radical (unpaired) electrons. The van der Waals surface area contributed by atoms with Crippen LogP contribution in [0.3, 0.4) is 0 Å². The fourth-order valence-electron chi connectivity index (χ4n) is 3.60. The average molecular weight is 446 g/mol. The van der Waals surface area contributed by atoms with E-state index in [1.807, 2.05) is 73.6 Å². The molecule has 2 aromatic carbocycles. The number of aromatic nitrogens is 2. The largest absolute Gasteiger partial charge is 0.378 e. The van der Waals surface area contributed by atoms with Crippen molar-refractivity contribution in [3.8, 4) is 11.4 Å². The van der Waals surface area contributed by atoms with Crippen molar-refractivity contribution in [2.45, 2.75) is 30.7 Å². The maximum atomic E-state index is 12.4. The number of benzene rings is 2. The number of hydrogen-bond acceptors (Lipinski definition) is 6. The van der Waals surface area contributed by atoms with E-state index in [1.165, 1.54) is 17.3 Å². The van der Waals surface area contributed by atoms with Crippen LogP contribution < -0.4 is 10.3 Å². The van der Waals surface area contributed by atoms with Gasteiger partial charge in [-0.1, -0.05) is 54.2 Å². The minimum Gasteiger partial charge on any atom is -0.378 e. The molecular weight excluding hydrogens is 418 g/mol. The van der Waals surface area contributed by atoms with E-state index in [0.717, 1.165) is 59.0 Å². The summed E-state index contributed by atoms with van der Waals surface area (Å²) in [5.41, 5.74) is 7.98. The zero-order chi connectivity index (χ0) is 22.3. The molecule has 1 aromatic heterocycles. The van der Waals surface area contributed by atoms with E-state index in [1.54, 1.807) is 6.21 Å².